The minimum absolute atomic E-state index is 0.470. The molecular weight excluding hydrogens is 112 g/mol. The van der Waals surface area contributed by atoms with Crippen LogP contribution in [-0.2, 0) is 19.8 Å². The predicted octanol–water partition coefficient (Wildman–Crippen LogP) is -0.319. The molecule has 0 saturated carbocycles. The van der Waals surface area contributed by atoms with Crippen molar-refractivity contribution < 1.29 is 19.8 Å². The maximum atomic E-state index is 9.50. The topological polar surface area (TPSA) is 73.9 Å². The van der Waals surface area contributed by atoms with Gasteiger partial charge in [0.15, 0.2) is 0 Å². The van der Waals surface area contributed by atoms with Crippen molar-refractivity contribution >= 4 is 11.9 Å². The summed E-state index contributed by atoms with van der Waals surface area (Å²) in [5.74, 6) is -2.73. The van der Waals surface area contributed by atoms with Crippen LogP contribution >= 0.6 is 0 Å². The number of hydrogen-bond donors (Lipinski definition) is 0. The van der Waals surface area contributed by atoms with Crippen molar-refractivity contribution in [3.63, 3.8) is 0 Å². The summed E-state index contributed by atoms with van der Waals surface area (Å²) in [4.78, 5) is 19.0. The minimum Gasteiger partial charge on any atom is -0.247 e. The van der Waals surface area contributed by atoms with E-state index in [9.17, 15) is 19.8 Å². The van der Waals surface area contributed by atoms with Crippen molar-refractivity contribution in [2.24, 2.45) is 0 Å². The average Bonchev–Trinajstić information content (AvgIpc) is 1.61. The van der Waals surface area contributed by atoms with E-state index < -0.39 is 24.8 Å². The molecule has 0 aliphatic heterocycles. The van der Waals surface area contributed by atoms with E-state index >= 15 is 0 Å². The van der Waals surface area contributed by atoms with Gasteiger partial charge in [0, 0.05) is 0 Å². The van der Waals surface area contributed by atoms with Crippen LogP contribution in [0.15, 0.2) is 0 Å². The van der Waals surface area contributed by atoms with E-state index in [1.54, 1.807) is 0 Å². The standard InChI is InChI=1S/C4H4O4/c5-3(6)1-2-4(7)8/h1-2H2. The Morgan fingerprint density at radius 2 is 1.12 bits per heavy atom. The van der Waals surface area contributed by atoms with Gasteiger partial charge < -0.3 is 0 Å². The van der Waals surface area contributed by atoms with Crippen LogP contribution in [0.1, 0.15) is 12.8 Å². The second-order valence-corrected chi connectivity index (χ2v) is 1.24. The molecule has 0 aliphatic carbocycles. The van der Waals surface area contributed by atoms with Crippen LogP contribution in [0.4, 0.5) is 0 Å². The molecule has 0 unspecified atom stereocenters. The number of rotatable bonds is 3. The normalized spacial score (nSPS) is 8.50. The molecule has 0 aromatic rings. The molecule has 0 fully saturated rings. The molecule has 8 heavy (non-hydrogen) atoms. The summed E-state index contributed by atoms with van der Waals surface area (Å²) in [6.45, 7) is 0. The molecular formula is C4H4O4. The smallest absolute Gasteiger partial charge is 0.247 e. The molecule has 44 valence electrons. The molecule has 0 spiro atoms. The first-order valence-corrected chi connectivity index (χ1v) is 2.02. The second kappa shape index (κ2) is 3.01. The molecule has 2 radical (unpaired) electrons. The van der Waals surface area contributed by atoms with Crippen LogP contribution in [0.25, 0.3) is 0 Å². The maximum Gasteiger partial charge on any atom is 0.356 e. The van der Waals surface area contributed by atoms with Gasteiger partial charge in [0.2, 0.25) is 0 Å². The van der Waals surface area contributed by atoms with Crippen molar-refractivity contribution in [3.8, 4) is 0 Å². The highest BCUT2D eigenvalue weighted by Gasteiger charge is 2.04. The molecule has 0 N–H and O–H groups in total. The zero-order valence-electron chi connectivity index (χ0n) is 4.05. The Hall–Kier alpha value is -1.06. The zero-order chi connectivity index (χ0) is 6.57. The fourth-order valence-electron chi connectivity index (χ4n) is 0.204. The van der Waals surface area contributed by atoms with Gasteiger partial charge in [-0.15, -0.1) is 0 Å². The Kier molecular flexibility index (Phi) is 2.61. The lowest BCUT2D eigenvalue weighted by Crippen LogP contribution is -1.98. The van der Waals surface area contributed by atoms with Crippen molar-refractivity contribution in [2.45, 2.75) is 12.8 Å². The Bertz CT molecular complexity index is 92.6. The highest BCUT2D eigenvalue weighted by atomic mass is 16.4. The predicted molar refractivity (Wildman–Crippen MR) is 20.6 cm³/mol. The number of carbonyl (C=O) groups is 2. The van der Waals surface area contributed by atoms with Crippen LogP contribution in [0.5, 0.6) is 0 Å². The molecule has 0 aromatic carbocycles. The highest BCUT2D eigenvalue weighted by Crippen LogP contribution is 1.87. The molecule has 0 aliphatic rings. The van der Waals surface area contributed by atoms with Crippen LogP contribution in [0.2, 0.25) is 0 Å². The molecule has 0 amide bonds. The summed E-state index contributed by atoms with van der Waals surface area (Å²) in [6, 6.07) is 0. The van der Waals surface area contributed by atoms with Crippen LogP contribution in [-0.4, -0.2) is 11.9 Å². The van der Waals surface area contributed by atoms with E-state index in [2.05, 4.69) is 0 Å². The molecule has 0 atom stereocenters. The third-order valence-corrected chi connectivity index (χ3v) is 0.533. The summed E-state index contributed by atoms with van der Waals surface area (Å²) in [5, 5.41) is 19.0. The summed E-state index contributed by atoms with van der Waals surface area (Å²) in [7, 11) is 0. The van der Waals surface area contributed by atoms with Crippen molar-refractivity contribution in [2.75, 3.05) is 0 Å². The monoisotopic (exact) mass is 116 g/mol. The average molecular weight is 116 g/mol. The van der Waals surface area contributed by atoms with Crippen LogP contribution in [0, 0.1) is 0 Å². The van der Waals surface area contributed by atoms with Crippen molar-refractivity contribution in [3.05, 3.63) is 0 Å². The Balaban J connectivity index is 3.18. The third-order valence-electron chi connectivity index (χ3n) is 0.533. The van der Waals surface area contributed by atoms with E-state index in [0.717, 1.165) is 0 Å². The van der Waals surface area contributed by atoms with E-state index in [1.807, 2.05) is 0 Å². The van der Waals surface area contributed by atoms with Crippen LogP contribution in [0.3, 0.4) is 0 Å². The summed E-state index contributed by atoms with van der Waals surface area (Å²) in [6.07, 6.45) is -0.940. The summed E-state index contributed by atoms with van der Waals surface area (Å²) in [5.41, 5.74) is 0. The quantitative estimate of drug-likeness (QED) is 0.506. The first kappa shape index (κ1) is 6.94. The van der Waals surface area contributed by atoms with Gasteiger partial charge in [-0.1, -0.05) is 0 Å². The first-order chi connectivity index (χ1) is 3.63. The van der Waals surface area contributed by atoms with Gasteiger partial charge in [-0.3, -0.25) is 0 Å². The molecule has 0 aromatic heterocycles. The van der Waals surface area contributed by atoms with E-state index in [-0.39, 0.29) is 0 Å². The fourth-order valence-corrected chi connectivity index (χ4v) is 0.204. The van der Waals surface area contributed by atoms with Gasteiger partial charge in [-0.05, 0) is 0 Å². The number of carbonyl (C=O) groups excluding carboxylic acids is 2. The lowest BCUT2D eigenvalue weighted by atomic mass is 10.3. The summed E-state index contributed by atoms with van der Waals surface area (Å²) < 4.78 is 0. The SMILES string of the molecule is [O]C(=O)CCC([O])=O. The minimum atomic E-state index is -1.37. The lowest BCUT2D eigenvalue weighted by molar-refractivity contribution is -0.150. The highest BCUT2D eigenvalue weighted by molar-refractivity contribution is 5.74. The van der Waals surface area contributed by atoms with Gasteiger partial charge in [0.1, 0.15) is 0 Å². The molecule has 0 saturated heterocycles. The van der Waals surface area contributed by atoms with Crippen LogP contribution < -0.4 is 0 Å². The van der Waals surface area contributed by atoms with Gasteiger partial charge in [-0.25, -0.2) is 19.8 Å². The van der Waals surface area contributed by atoms with E-state index in [0.29, 0.717) is 0 Å². The lowest BCUT2D eigenvalue weighted by Gasteiger charge is -1.79. The number of hydrogen-bond acceptors (Lipinski definition) is 2. The molecule has 0 rings (SSSR count). The van der Waals surface area contributed by atoms with Gasteiger partial charge >= 0.3 is 11.9 Å². The summed E-state index contributed by atoms with van der Waals surface area (Å²) >= 11 is 0. The van der Waals surface area contributed by atoms with E-state index in [4.69, 9.17) is 0 Å². The van der Waals surface area contributed by atoms with Crippen molar-refractivity contribution in [1.29, 1.82) is 0 Å². The largest absolute Gasteiger partial charge is 0.356 e. The van der Waals surface area contributed by atoms with Gasteiger partial charge in [0.25, 0.3) is 0 Å². The fraction of sp³-hybridized carbons (Fsp3) is 0.500. The molecule has 0 bridgehead atoms. The third kappa shape index (κ3) is 4.94. The Morgan fingerprint density at radius 3 is 1.25 bits per heavy atom. The Morgan fingerprint density at radius 1 is 0.875 bits per heavy atom. The Labute approximate surface area is 45.7 Å². The van der Waals surface area contributed by atoms with Gasteiger partial charge in [-0.2, -0.15) is 0 Å². The first-order valence-electron chi connectivity index (χ1n) is 2.02. The molecule has 4 heteroatoms. The van der Waals surface area contributed by atoms with E-state index in [1.165, 1.54) is 0 Å². The van der Waals surface area contributed by atoms with Gasteiger partial charge in [0.05, 0.1) is 12.8 Å². The zero-order valence-corrected chi connectivity index (χ0v) is 4.05. The molecule has 0 heterocycles. The van der Waals surface area contributed by atoms with Crippen molar-refractivity contribution in [1.82, 2.24) is 0 Å². The molecule has 4 nitrogen and oxygen atoms in total. The maximum absolute atomic E-state index is 9.50. The second-order valence-electron chi connectivity index (χ2n) is 1.24.